The molecular formula is C18H21NO. The molecule has 0 heterocycles. The van der Waals surface area contributed by atoms with E-state index in [1.807, 2.05) is 24.3 Å². The van der Waals surface area contributed by atoms with Crippen molar-refractivity contribution >= 4 is 5.57 Å². The van der Waals surface area contributed by atoms with Crippen molar-refractivity contribution in [2.24, 2.45) is 0 Å². The van der Waals surface area contributed by atoms with Gasteiger partial charge < -0.3 is 10.0 Å². The van der Waals surface area contributed by atoms with Gasteiger partial charge in [-0.2, -0.15) is 0 Å². The molecular weight excluding hydrogens is 246 g/mol. The van der Waals surface area contributed by atoms with Gasteiger partial charge in [-0.05, 0) is 42.4 Å². The van der Waals surface area contributed by atoms with E-state index in [1.54, 1.807) is 6.07 Å². The third kappa shape index (κ3) is 3.49. The Morgan fingerprint density at radius 2 is 1.60 bits per heavy atom. The molecule has 0 aromatic heterocycles. The number of nitrogens with zero attached hydrogens (tertiary/aromatic N) is 1. The molecule has 0 amide bonds. The summed E-state index contributed by atoms with van der Waals surface area (Å²) < 4.78 is 0. The van der Waals surface area contributed by atoms with Crippen LogP contribution in [0.3, 0.4) is 0 Å². The molecule has 2 nitrogen and oxygen atoms in total. The number of phenolic OH excluding ortho intramolecular Hbond substituents is 1. The van der Waals surface area contributed by atoms with Gasteiger partial charge in [-0.3, -0.25) is 0 Å². The minimum Gasteiger partial charge on any atom is -0.508 e. The van der Waals surface area contributed by atoms with Gasteiger partial charge >= 0.3 is 0 Å². The zero-order valence-corrected chi connectivity index (χ0v) is 12.1. The van der Waals surface area contributed by atoms with E-state index >= 15 is 0 Å². The molecule has 0 aliphatic rings. The molecule has 0 unspecified atom stereocenters. The Morgan fingerprint density at radius 3 is 2.25 bits per heavy atom. The van der Waals surface area contributed by atoms with Crippen molar-refractivity contribution in [2.45, 2.75) is 13.0 Å². The average molecular weight is 267 g/mol. The van der Waals surface area contributed by atoms with Crippen LogP contribution >= 0.6 is 0 Å². The lowest BCUT2D eigenvalue weighted by Crippen LogP contribution is -2.12. The van der Waals surface area contributed by atoms with Gasteiger partial charge in [0.2, 0.25) is 0 Å². The first kappa shape index (κ1) is 14.4. The molecule has 0 aliphatic carbocycles. The smallest absolute Gasteiger partial charge is 0.119 e. The molecule has 0 saturated heterocycles. The molecule has 2 heteroatoms. The van der Waals surface area contributed by atoms with Crippen LogP contribution in [-0.2, 0) is 13.0 Å². The highest BCUT2D eigenvalue weighted by atomic mass is 16.3. The van der Waals surface area contributed by atoms with Crippen molar-refractivity contribution in [2.75, 3.05) is 14.1 Å². The van der Waals surface area contributed by atoms with E-state index in [4.69, 9.17) is 0 Å². The molecule has 1 N–H and O–H groups in total. The van der Waals surface area contributed by atoms with Gasteiger partial charge in [0.05, 0.1) is 0 Å². The molecule has 104 valence electrons. The van der Waals surface area contributed by atoms with E-state index in [2.05, 4.69) is 43.8 Å². The lowest BCUT2D eigenvalue weighted by atomic mass is 9.95. The summed E-state index contributed by atoms with van der Waals surface area (Å²) >= 11 is 0. The largest absolute Gasteiger partial charge is 0.508 e. The van der Waals surface area contributed by atoms with Crippen LogP contribution < -0.4 is 0 Å². The van der Waals surface area contributed by atoms with Crippen LogP contribution in [0, 0.1) is 0 Å². The van der Waals surface area contributed by atoms with Crippen LogP contribution in [-0.4, -0.2) is 24.1 Å². The fourth-order valence-corrected chi connectivity index (χ4v) is 2.33. The van der Waals surface area contributed by atoms with Crippen LogP contribution in [0.2, 0.25) is 0 Å². The summed E-state index contributed by atoms with van der Waals surface area (Å²) in [6, 6.07) is 15.7. The number of hydrogen-bond acceptors (Lipinski definition) is 2. The van der Waals surface area contributed by atoms with Crippen LogP contribution in [0.15, 0.2) is 55.1 Å². The van der Waals surface area contributed by atoms with Crippen LogP contribution in [0.4, 0.5) is 0 Å². The highest BCUT2D eigenvalue weighted by molar-refractivity contribution is 5.69. The van der Waals surface area contributed by atoms with Crippen molar-refractivity contribution in [1.82, 2.24) is 4.90 Å². The minimum atomic E-state index is 0.332. The zero-order chi connectivity index (χ0) is 14.5. The van der Waals surface area contributed by atoms with E-state index in [0.29, 0.717) is 12.2 Å². The summed E-state index contributed by atoms with van der Waals surface area (Å²) in [5, 5.41) is 9.87. The van der Waals surface area contributed by atoms with Crippen molar-refractivity contribution in [3.63, 3.8) is 0 Å². The van der Waals surface area contributed by atoms with Crippen LogP contribution in [0.5, 0.6) is 5.75 Å². The molecule has 0 radical (unpaired) electrons. The highest BCUT2D eigenvalue weighted by Crippen LogP contribution is 2.26. The van der Waals surface area contributed by atoms with E-state index in [0.717, 1.165) is 17.7 Å². The summed E-state index contributed by atoms with van der Waals surface area (Å²) in [5.74, 6) is 0.332. The number of phenols is 1. The Labute approximate surface area is 121 Å². The summed E-state index contributed by atoms with van der Waals surface area (Å²) in [4.78, 5) is 2.14. The third-order valence-corrected chi connectivity index (χ3v) is 3.28. The maximum Gasteiger partial charge on any atom is 0.119 e. The topological polar surface area (TPSA) is 23.5 Å². The van der Waals surface area contributed by atoms with Gasteiger partial charge in [0.1, 0.15) is 5.75 Å². The predicted molar refractivity (Wildman–Crippen MR) is 84.7 cm³/mol. The molecule has 0 aliphatic heterocycles. The van der Waals surface area contributed by atoms with Gasteiger partial charge in [-0.15, -0.1) is 0 Å². The maximum absolute atomic E-state index is 9.87. The Morgan fingerprint density at radius 1 is 1.00 bits per heavy atom. The number of aromatic hydroxyl groups is 1. The second-order valence-corrected chi connectivity index (χ2v) is 5.30. The summed E-state index contributed by atoms with van der Waals surface area (Å²) in [5.41, 5.74) is 4.38. The van der Waals surface area contributed by atoms with Crippen molar-refractivity contribution < 1.29 is 5.11 Å². The van der Waals surface area contributed by atoms with E-state index < -0.39 is 0 Å². The summed E-state index contributed by atoms with van der Waals surface area (Å²) in [6.45, 7) is 5.08. The third-order valence-electron chi connectivity index (χ3n) is 3.28. The monoisotopic (exact) mass is 267 g/mol. The molecule has 2 rings (SSSR count). The second-order valence-electron chi connectivity index (χ2n) is 5.30. The molecule has 0 bridgehead atoms. The lowest BCUT2D eigenvalue weighted by molar-refractivity contribution is 0.402. The minimum absolute atomic E-state index is 0.332. The molecule has 2 aromatic carbocycles. The van der Waals surface area contributed by atoms with Gasteiger partial charge in [-0.1, -0.05) is 49.0 Å². The summed E-state index contributed by atoms with van der Waals surface area (Å²) in [7, 11) is 4.12. The number of rotatable bonds is 5. The Balaban J connectivity index is 2.23. The van der Waals surface area contributed by atoms with Gasteiger partial charge in [0, 0.05) is 13.0 Å². The van der Waals surface area contributed by atoms with Gasteiger partial charge in [0.15, 0.2) is 0 Å². The molecule has 0 spiro atoms. The number of benzene rings is 2. The SMILES string of the molecule is C=C(Cc1ccccc1O)c1ccccc1CN(C)C. The Hall–Kier alpha value is -2.06. The molecule has 20 heavy (non-hydrogen) atoms. The number of para-hydroxylation sites is 1. The quantitative estimate of drug-likeness (QED) is 0.892. The van der Waals surface area contributed by atoms with E-state index in [1.165, 1.54) is 11.1 Å². The van der Waals surface area contributed by atoms with Crippen molar-refractivity contribution in [1.29, 1.82) is 0 Å². The van der Waals surface area contributed by atoms with Crippen molar-refractivity contribution in [3.05, 3.63) is 71.8 Å². The molecule has 0 atom stereocenters. The Kier molecular flexibility index (Phi) is 4.59. The fraction of sp³-hybridized carbons (Fsp3) is 0.222. The molecule has 0 fully saturated rings. The van der Waals surface area contributed by atoms with Crippen LogP contribution in [0.25, 0.3) is 5.57 Å². The van der Waals surface area contributed by atoms with E-state index in [9.17, 15) is 5.11 Å². The number of allylic oxidation sites excluding steroid dienone is 1. The fourth-order valence-electron chi connectivity index (χ4n) is 2.33. The maximum atomic E-state index is 9.87. The van der Waals surface area contributed by atoms with Gasteiger partial charge in [0.25, 0.3) is 0 Å². The Bertz CT molecular complexity index is 602. The van der Waals surface area contributed by atoms with E-state index in [-0.39, 0.29) is 0 Å². The predicted octanol–water partition coefficient (Wildman–Crippen LogP) is 3.71. The molecule has 2 aromatic rings. The zero-order valence-electron chi connectivity index (χ0n) is 12.1. The standard InChI is InChI=1S/C18H21NO/c1-14(12-15-8-5-7-11-18(15)20)17-10-6-4-9-16(17)13-19(2)3/h4-11,20H,1,12-13H2,2-3H3. The summed E-state index contributed by atoms with van der Waals surface area (Å²) in [6.07, 6.45) is 0.664. The highest BCUT2D eigenvalue weighted by Gasteiger charge is 2.09. The first-order valence-electron chi connectivity index (χ1n) is 6.75. The first-order chi connectivity index (χ1) is 9.58. The number of hydrogen-bond donors (Lipinski definition) is 1. The second kappa shape index (κ2) is 6.40. The van der Waals surface area contributed by atoms with Crippen molar-refractivity contribution in [3.8, 4) is 5.75 Å². The average Bonchev–Trinajstić information content (AvgIpc) is 2.41. The van der Waals surface area contributed by atoms with Crippen LogP contribution in [0.1, 0.15) is 16.7 Å². The first-order valence-corrected chi connectivity index (χ1v) is 6.75. The van der Waals surface area contributed by atoms with Gasteiger partial charge in [-0.25, -0.2) is 0 Å². The normalized spacial score (nSPS) is 10.8. The molecule has 0 saturated carbocycles. The lowest BCUT2D eigenvalue weighted by Gasteiger charge is -2.16.